The van der Waals surface area contributed by atoms with E-state index in [2.05, 4.69) is 10.3 Å². The summed E-state index contributed by atoms with van der Waals surface area (Å²) in [6.45, 7) is 7.50. The molecule has 2 heterocycles. The Balaban J connectivity index is 1.91. The topological polar surface area (TPSA) is 80.7 Å². The van der Waals surface area contributed by atoms with Gasteiger partial charge in [-0.1, -0.05) is 0 Å². The number of hydrogen-bond donors (Lipinski definition) is 2. The number of nitrogens with two attached hydrogens (primary N) is 1. The summed E-state index contributed by atoms with van der Waals surface area (Å²) in [7, 11) is 0. The molecule has 3 N–H and O–H groups in total. The molecule has 1 aliphatic rings. The van der Waals surface area contributed by atoms with Crippen LogP contribution in [0.4, 0.5) is 0 Å². The molecule has 112 valence electrons. The van der Waals surface area contributed by atoms with Crippen LogP contribution in [0.2, 0.25) is 0 Å². The number of rotatable bonds is 5. The molecule has 1 aliphatic heterocycles. The molecule has 0 saturated carbocycles. The van der Waals surface area contributed by atoms with E-state index in [0.717, 1.165) is 50.4 Å². The van der Waals surface area contributed by atoms with Crippen LogP contribution in [-0.2, 0) is 11.3 Å². The number of carbonyl (C=O) groups is 1. The van der Waals surface area contributed by atoms with Gasteiger partial charge >= 0.3 is 5.91 Å². The van der Waals surface area contributed by atoms with E-state index in [-0.39, 0.29) is 5.76 Å². The number of amides is 1. The van der Waals surface area contributed by atoms with Crippen molar-refractivity contribution in [3.05, 3.63) is 23.2 Å². The minimum atomic E-state index is -0.394. The normalized spacial score (nSPS) is 17.4. The molecule has 2 rings (SSSR count). The zero-order valence-electron chi connectivity index (χ0n) is 12.1. The number of nitrogens with zero attached hydrogens (tertiary/aromatic N) is 1. The first-order valence-electron chi connectivity index (χ1n) is 7.08. The van der Waals surface area contributed by atoms with Crippen LogP contribution in [0.3, 0.4) is 0 Å². The number of furan rings is 1. The van der Waals surface area contributed by atoms with Crippen LogP contribution in [0.25, 0.3) is 0 Å². The zero-order valence-corrected chi connectivity index (χ0v) is 12.1. The minimum absolute atomic E-state index is 0.268. The number of hydrogen-bond acceptors (Lipinski definition) is 5. The van der Waals surface area contributed by atoms with Crippen molar-refractivity contribution in [2.45, 2.75) is 39.3 Å². The number of aryl methyl sites for hydroxylation is 1. The summed E-state index contributed by atoms with van der Waals surface area (Å²) >= 11 is 0. The van der Waals surface area contributed by atoms with E-state index in [1.54, 1.807) is 6.07 Å². The van der Waals surface area contributed by atoms with E-state index in [9.17, 15) is 4.79 Å². The monoisotopic (exact) mass is 281 g/mol. The highest BCUT2D eigenvalue weighted by Crippen LogP contribution is 2.20. The smallest absolute Gasteiger partial charge is 0.300 e. The van der Waals surface area contributed by atoms with Gasteiger partial charge in [0.15, 0.2) is 5.76 Å². The number of nitrogens with one attached hydrogen (secondary N) is 1. The molecule has 0 atom stereocenters. The fourth-order valence-corrected chi connectivity index (χ4v) is 2.57. The summed E-state index contributed by atoms with van der Waals surface area (Å²) in [4.78, 5) is 13.8. The Morgan fingerprint density at radius 1 is 1.55 bits per heavy atom. The average molecular weight is 281 g/mol. The molecule has 1 fully saturated rings. The third-order valence-electron chi connectivity index (χ3n) is 3.71. The summed E-state index contributed by atoms with van der Waals surface area (Å²) < 4.78 is 11.1. The minimum Gasteiger partial charge on any atom is -0.456 e. The van der Waals surface area contributed by atoms with E-state index in [4.69, 9.17) is 15.0 Å². The van der Waals surface area contributed by atoms with Gasteiger partial charge in [-0.3, -0.25) is 15.1 Å². The van der Waals surface area contributed by atoms with Crippen LogP contribution in [0, 0.1) is 6.92 Å². The van der Waals surface area contributed by atoms with Crippen LogP contribution in [0.5, 0.6) is 0 Å². The Kier molecular flexibility index (Phi) is 5.17. The third kappa shape index (κ3) is 3.59. The summed E-state index contributed by atoms with van der Waals surface area (Å²) in [5.74, 6) is 5.75. The van der Waals surface area contributed by atoms with Crippen LogP contribution >= 0.6 is 0 Å². The Morgan fingerprint density at radius 3 is 2.85 bits per heavy atom. The molecule has 6 nitrogen and oxygen atoms in total. The second-order valence-electron chi connectivity index (χ2n) is 5.10. The molecule has 1 aromatic rings. The molecule has 20 heavy (non-hydrogen) atoms. The Labute approximate surface area is 119 Å². The van der Waals surface area contributed by atoms with Crippen molar-refractivity contribution in [2.24, 2.45) is 5.84 Å². The highest BCUT2D eigenvalue weighted by Gasteiger charge is 2.21. The van der Waals surface area contributed by atoms with Gasteiger partial charge < -0.3 is 9.15 Å². The summed E-state index contributed by atoms with van der Waals surface area (Å²) in [5, 5.41) is 0. The highest BCUT2D eigenvalue weighted by molar-refractivity contribution is 5.91. The van der Waals surface area contributed by atoms with E-state index in [0.29, 0.717) is 6.10 Å². The number of likely N-dealkylation sites (tertiary alicyclic amines) is 1. The average Bonchev–Trinajstić information content (AvgIpc) is 2.82. The number of carbonyl (C=O) groups excluding carboxylic acids is 1. The lowest BCUT2D eigenvalue weighted by Crippen LogP contribution is -2.36. The molecule has 0 aromatic carbocycles. The molecule has 1 saturated heterocycles. The van der Waals surface area contributed by atoms with Gasteiger partial charge in [0.2, 0.25) is 0 Å². The third-order valence-corrected chi connectivity index (χ3v) is 3.71. The van der Waals surface area contributed by atoms with Crippen molar-refractivity contribution in [2.75, 3.05) is 19.7 Å². The predicted molar refractivity (Wildman–Crippen MR) is 75.0 cm³/mol. The van der Waals surface area contributed by atoms with Gasteiger partial charge in [-0.2, -0.15) is 0 Å². The molecule has 1 aromatic heterocycles. The number of hydrazine groups is 1. The number of nitrogen functional groups attached to an aromatic ring is 1. The first-order valence-corrected chi connectivity index (χ1v) is 7.08. The molecule has 6 heteroatoms. The quantitative estimate of drug-likeness (QED) is 0.481. The summed E-state index contributed by atoms with van der Waals surface area (Å²) in [5.41, 5.74) is 3.12. The second-order valence-corrected chi connectivity index (χ2v) is 5.10. The van der Waals surface area contributed by atoms with Crippen molar-refractivity contribution in [1.29, 1.82) is 0 Å². The predicted octanol–water partition coefficient (Wildman–Crippen LogP) is 1.19. The van der Waals surface area contributed by atoms with Crippen molar-refractivity contribution in [3.63, 3.8) is 0 Å². The van der Waals surface area contributed by atoms with Crippen molar-refractivity contribution in [1.82, 2.24) is 10.3 Å². The van der Waals surface area contributed by atoms with Crippen LogP contribution < -0.4 is 11.3 Å². The van der Waals surface area contributed by atoms with Gasteiger partial charge in [0, 0.05) is 31.8 Å². The van der Waals surface area contributed by atoms with Crippen LogP contribution in [0.15, 0.2) is 10.5 Å². The maximum absolute atomic E-state index is 11.4. The SMILES string of the molecule is CCOC1CCN(Cc2cc(C(=O)NN)oc2C)CC1. The molecular formula is C14H23N3O3. The number of ether oxygens (including phenoxy) is 1. The van der Waals surface area contributed by atoms with Gasteiger partial charge in [0.25, 0.3) is 0 Å². The van der Waals surface area contributed by atoms with E-state index in [1.807, 2.05) is 13.8 Å². The van der Waals surface area contributed by atoms with Crippen LogP contribution in [-0.4, -0.2) is 36.6 Å². The highest BCUT2D eigenvalue weighted by atomic mass is 16.5. The molecule has 0 bridgehead atoms. The molecule has 1 amide bonds. The number of piperidine rings is 1. The molecule has 0 unspecified atom stereocenters. The van der Waals surface area contributed by atoms with Gasteiger partial charge in [0.05, 0.1) is 6.10 Å². The largest absolute Gasteiger partial charge is 0.456 e. The molecule has 0 spiro atoms. The maximum atomic E-state index is 11.4. The van der Waals surface area contributed by atoms with Gasteiger partial charge in [-0.05, 0) is 32.8 Å². The van der Waals surface area contributed by atoms with Gasteiger partial charge in [-0.15, -0.1) is 0 Å². The van der Waals surface area contributed by atoms with Crippen molar-refractivity contribution >= 4 is 5.91 Å². The van der Waals surface area contributed by atoms with Crippen molar-refractivity contribution < 1.29 is 13.9 Å². The van der Waals surface area contributed by atoms with Gasteiger partial charge in [0.1, 0.15) is 5.76 Å². The lowest BCUT2D eigenvalue weighted by atomic mass is 10.1. The van der Waals surface area contributed by atoms with Gasteiger partial charge in [-0.25, -0.2) is 5.84 Å². The molecular weight excluding hydrogens is 258 g/mol. The second kappa shape index (κ2) is 6.88. The lowest BCUT2D eigenvalue weighted by molar-refractivity contribution is 0.0124. The Bertz CT molecular complexity index is 451. The molecule has 0 radical (unpaired) electrons. The molecule has 0 aliphatic carbocycles. The Morgan fingerprint density at radius 2 is 2.25 bits per heavy atom. The summed E-state index contributed by atoms with van der Waals surface area (Å²) in [6, 6.07) is 1.77. The zero-order chi connectivity index (χ0) is 14.5. The fourth-order valence-electron chi connectivity index (χ4n) is 2.57. The van der Waals surface area contributed by atoms with Crippen molar-refractivity contribution in [3.8, 4) is 0 Å². The van der Waals surface area contributed by atoms with E-state index in [1.165, 1.54) is 0 Å². The van der Waals surface area contributed by atoms with E-state index >= 15 is 0 Å². The standard InChI is InChI=1S/C14H23N3O3/c1-3-19-12-4-6-17(7-5-12)9-11-8-13(14(18)16-15)20-10(11)2/h8,12H,3-7,9,15H2,1-2H3,(H,16,18). The first-order chi connectivity index (χ1) is 9.63. The van der Waals surface area contributed by atoms with Crippen LogP contribution in [0.1, 0.15) is 41.6 Å². The Hall–Kier alpha value is -1.37. The summed E-state index contributed by atoms with van der Waals surface area (Å²) in [6.07, 6.45) is 2.50. The lowest BCUT2D eigenvalue weighted by Gasteiger charge is -2.31. The maximum Gasteiger partial charge on any atom is 0.300 e. The van der Waals surface area contributed by atoms with E-state index < -0.39 is 5.91 Å². The fraction of sp³-hybridized carbons (Fsp3) is 0.643. The first kappa shape index (κ1) is 15.0.